The number of carbonyl (C=O) groups is 1. The van der Waals surface area contributed by atoms with Crippen LogP contribution in [0, 0.1) is 6.92 Å². The molecule has 1 amide bonds. The van der Waals surface area contributed by atoms with E-state index < -0.39 is 0 Å². The van der Waals surface area contributed by atoms with E-state index in [0.717, 1.165) is 5.56 Å². The second kappa shape index (κ2) is 6.37. The van der Waals surface area contributed by atoms with Gasteiger partial charge in [-0.05, 0) is 31.2 Å². The molecule has 0 fully saturated rings. The molecule has 0 aliphatic carbocycles. The molecule has 0 aromatic heterocycles. The van der Waals surface area contributed by atoms with Gasteiger partial charge < -0.3 is 15.8 Å². The first kappa shape index (κ1) is 15.0. The van der Waals surface area contributed by atoms with Gasteiger partial charge in [0.2, 0.25) is 5.91 Å². The monoisotopic (exact) mass is 300 g/mol. The Labute approximate surface area is 128 Å². The number of para-hydroxylation sites is 2. The molecule has 0 saturated carbocycles. The maximum atomic E-state index is 11.2. The summed E-state index contributed by atoms with van der Waals surface area (Å²) in [5, 5.41) is 2.73. The fourth-order valence-corrected chi connectivity index (χ4v) is 2.05. The van der Waals surface area contributed by atoms with E-state index in [2.05, 4.69) is 5.32 Å². The predicted molar refractivity (Wildman–Crippen MR) is 87.9 cm³/mol. The largest absolute Gasteiger partial charge is 0.454 e. The maximum absolute atomic E-state index is 11.2. The number of carbonyl (C=O) groups excluding carboxylic acids is 1. The second-order valence-corrected chi connectivity index (χ2v) is 5.08. The van der Waals surface area contributed by atoms with Crippen molar-refractivity contribution in [2.24, 2.45) is 5.73 Å². The second-order valence-electron chi connectivity index (χ2n) is 4.64. The van der Waals surface area contributed by atoms with Crippen LogP contribution in [0.3, 0.4) is 0 Å². The Kier molecular flexibility index (Phi) is 4.55. The van der Waals surface area contributed by atoms with Crippen molar-refractivity contribution < 1.29 is 9.53 Å². The van der Waals surface area contributed by atoms with Gasteiger partial charge in [-0.15, -0.1) is 0 Å². The third-order valence-electron chi connectivity index (χ3n) is 2.82. The van der Waals surface area contributed by atoms with Gasteiger partial charge in [-0.3, -0.25) is 4.79 Å². The van der Waals surface area contributed by atoms with E-state index in [1.165, 1.54) is 6.92 Å². The summed E-state index contributed by atoms with van der Waals surface area (Å²) in [5.74, 6) is 0.935. The molecular weight excluding hydrogens is 284 g/mol. The molecule has 0 aliphatic rings. The van der Waals surface area contributed by atoms with Crippen LogP contribution in [0.25, 0.3) is 0 Å². The highest BCUT2D eigenvalue weighted by molar-refractivity contribution is 7.80. The lowest BCUT2D eigenvalue weighted by Crippen LogP contribution is -2.11. The van der Waals surface area contributed by atoms with Crippen molar-refractivity contribution >= 4 is 28.8 Å². The Morgan fingerprint density at radius 3 is 2.57 bits per heavy atom. The number of hydrogen-bond acceptors (Lipinski definition) is 3. The average Bonchev–Trinajstić information content (AvgIpc) is 2.42. The fraction of sp³-hybridized carbons (Fsp3) is 0.125. The number of rotatable bonds is 4. The van der Waals surface area contributed by atoms with Crippen LogP contribution in [0.15, 0.2) is 42.5 Å². The quantitative estimate of drug-likeness (QED) is 0.850. The van der Waals surface area contributed by atoms with Gasteiger partial charge in [0, 0.05) is 6.92 Å². The molecule has 21 heavy (non-hydrogen) atoms. The molecule has 2 aromatic rings. The van der Waals surface area contributed by atoms with Crippen molar-refractivity contribution in [3.63, 3.8) is 0 Å². The zero-order valence-corrected chi connectivity index (χ0v) is 12.7. The van der Waals surface area contributed by atoms with E-state index in [1.54, 1.807) is 12.1 Å². The van der Waals surface area contributed by atoms with E-state index in [1.807, 2.05) is 37.3 Å². The SMILES string of the molecule is CC(=O)Nc1ccccc1Oc1ccc(C)cc1C(N)=S. The van der Waals surface area contributed by atoms with Gasteiger partial charge in [0.05, 0.1) is 11.3 Å². The summed E-state index contributed by atoms with van der Waals surface area (Å²) in [5.41, 5.74) is 8.05. The van der Waals surface area contributed by atoms with E-state index >= 15 is 0 Å². The van der Waals surface area contributed by atoms with Crippen LogP contribution in [0.5, 0.6) is 11.5 Å². The molecule has 3 N–H and O–H groups in total. The summed E-state index contributed by atoms with van der Waals surface area (Å²) in [7, 11) is 0. The number of ether oxygens (including phenoxy) is 1. The maximum Gasteiger partial charge on any atom is 0.221 e. The lowest BCUT2D eigenvalue weighted by molar-refractivity contribution is -0.114. The first-order valence-electron chi connectivity index (χ1n) is 6.42. The van der Waals surface area contributed by atoms with E-state index in [9.17, 15) is 4.79 Å². The average molecular weight is 300 g/mol. The van der Waals surface area contributed by atoms with Gasteiger partial charge in [0.1, 0.15) is 10.7 Å². The molecule has 0 radical (unpaired) electrons. The van der Waals surface area contributed by atoms with Crippen LogP contribution in [-0.4, -0.2) is 10.9 Å². The molecule has 0 saturated heterocycles. The normalized spacial score (nSPS) is 10.0. The lowest BCUT2D eigenvalue weighted by Gasteiger charge is -2.14. The van der Waals surface area contributed by atoms with Crippen LogP contribution >= 0.6 is 12.2 Å². The van der Waals surface area contributed by atoms with Crippen molar-refractivity contribution in [3.8, 4) is 11.5 Å². The summed E-state index contributed by atoms with van der Waals surface area (Å²) in [4.78, 5) is 11.5. The first-order valence-corrected chi connectivity index (χ1v) is 6.83. The molecule has 2 aromatic carbocycles. The van der Waals surface area contributed by atoms with Gasteiger partial charge >= 0.3 is 0 Å². The van der Waals surface area contributed by atoms with Crippen molar-refractivity contribution in [3.05, 3.63) is 53.6 Å². The number of aryl methyl sites for hydroxylation is 1. The van der Waals surface area contributed by atoms with Gasteiger partial charge in [0.25, 0.3) is 0 Å². The van der Waals surface area contributed by atoms with Gasteiger partial charge in [0.15, 0.2) is 5.75 Å². The number of nitrogens with two attached hydrogens (primary N) is 1. The molecule has 0 atom stereocenters. The van der Waals surface area contributed by atoms with Gasteiger partial charge in [-0.2, -0.15) is 0 Å². The number of hydrogen-bond donors (Lipinski definition) is 2. The number of amides is 1. The lowest BCUT2D eigenvalue weighted by atomic mass is 10.1. The minimum Gasteiger partial charge on any atom is -0.454 e. The van der Waals surface area contributed by atoms with Crippen molar-refractivity contribution in [2.45, 2.75) is 13.8 Å². The van der Waals surface area contributed by atoms with Crippen LogP contribution in [0.4, 0.5) is 5.69 Å². The molecule has 108 valence electrons. The number of nitrogens with one attached hydrogen (secondary N) is 1. The van der Waals surface area contributed by atoms with Gasteiger partial charge in [-0.1, -0.05) is 36.0 Å². The standard InChI is InChI=1S/C16H16N2O2S/c1-10-7-8-14(12(9-10)16(17)21)20-15-6-4-3-5-13(15)18-11(2)19/h3-9H,1-2H3,(H2,17,21)(H,18,19). The topological polar surface area (TPSA) is 64.3 Å². The molecular formula is C16H16N2O2S. The van der Waals surface area contributed by atoms with Crippen molar-refractivity contribution in [2.75, 3.05) is 5.32 Å². The summed E-state index contributed by atoms with van der Waals surface area (Å²) in [6.45, 7) is 3.40. The minimum atomic E-state index is -0.162. The Morgan fingerprint density at radius 1 is 1.19 bits per heavy atom. The highest BCUT2D eigenvalue weighted by atomic mass is 32.1. The third-order valence-corrected chi connectivity index (χ3v) is 3.04. The van der Waals surface area contributed by atoms with Crippen LogP contribution in [0.1, 0.15) is 18.1 Å². The number of benzene rings is 2. The fourth-order valence-electron chi connectivity index (χ4n) is 1.89. The molecule has 0 heterocycles. The zero-order valence-electron chi connectivity index (χ0n) is 11.8. The van der Waals surface area contributed by atoms with Crippen molar-refractivity contribution in [1.29, 1.82) is 0 Å². The number of anilines is 1. The zero-order chi connectivity index (χ0) is 15.4. The Balaban J connectivity index is 2.39. The molecule has 0 spiro atoms. The highest BCUT2D eigenvalue weighted by Crippen LogP contribution is 2.31. The molecule has 0 aliphatic heterocycles. The first-order chi connectivity index (χ1) is 9.97. The van der Waals surface area contributed by atoms with E-state index in [-0.39, 0.29) is 10.9 Å². The molecule has 4 nitrogen and oxygen atoms in total. The summed E-state index contributed by atoms with van der Waals surface area (Å²) in [6, 6.07) is 12.8. The Hall–Kier alpha value is -2.40. The molecule has 0 bridgehead atoms. The smallest absolute Gasteiger partial charge is 0.221 e. The Morgan fingerprint density at radius 2 is 1.90 bits per heavy atom. The van der Waals surface area contributed by atoms with Crippen LogP contribution < -0.4 is 15.8 Å². The van der Waals surface area contributed by atoms with Gasteiger partial charge in [-0.25, -0.2) is 0 Å². The predicted octanol–water partition coefficient (Wildman–Crippen LogP) is 3.38. The van der Waals surface area contributed by atoms with Crippen LogP contribution in [-0.2, 0) is 4.79 Å². The highest BCUT2D eigenvalue weighted by Gasteiger charge is 2.11. The van der Waals surface area contributed by atoms with Crippen molar-refractivity contribution in [1.82, 2.24) is 0 Å². The Bertz CT molecular complexity index is 698. The minimum absolute atomic E-state index is 0.162. The third kappa shape index (κ3) is 3.79. The van der Waals surface area contributed by atoms with Crippen LogP contribution in [0.2, 0.25) is 0 Å². The number of thiocarbonyl (C=S) groups is 1. The molecule has 0 unspecified atom stereocenters. The summed E-state index contributed by atoms with van der Waals surface area (Å²) in [6.07, 6.45) is 0. The molecule has 2 rings (SSSR count). The summed E-state index contributed by atoms with van der Waals surface area (Å²) < 4.78 is 5.88. The van der Waals surface area contributed by atoms with E-state index in [4.69, 9.17) is 22.7 Å². The summed E-state index contributed by atoms with van der Waals surface area (Å²) >= 11 is 5.06. The molecule has 5 heteroatoms. The van der Waals surface area contributed by atoms with E-state index in [0.29, 0.717) is 22.7 Å².